The van der Waals surface area contributed by atoms with Crippen molar-refractivity contribution in [1.29, 1.82) is 0 Å². The molecule has 1 aliphatic rings. The molecule has 2 atom stereocenters. The van der Waals surface area contributed by atoms with Crippen LogP contribution in [0, 0.1) is 11.6 Å². The quantitative estimate of drug-likeness (QED) is 0.441. The molecule has 0 saturated carbocycles. The molecule has 1 saturated heterocycles. The Labute approximate surface area is 186 Å². The first-order valence-corrected chi connectivity index (χ1v) is 9.77. The summed E-state index contributed by atoms with van der Waals surface area (Å²) < 4.78 is 90.9. The zero-order valence-electron chi connectivity index (χ0n) is 18.0. The van der Waals surface area contributed by atoms with Crippen molar-refractivity contribution in [3.63, 3.8) is 0 Å². The van der Waals surface area contributed by atoms with Gasteiger partial charge in [0.05, 0.1) is 26.5 Å². The number of carbonyl (C=O) groups is 1. The standard InChI is InChI=1S/C22H22F5NO5/c1-30-19-14(9-16(17(23)18(19)24)33-11-13-7-5-4-6-8-13)28-12-21(32-3,22(25,26)27)10-15(28)20(29)31-2/h4-9,15H,10-12H2,1-3H3/t15-,21?/m0/s1. The summed E-state index contributed by atoms with van der Waals surface area (Å²) in [4.78, 5) is 13.3. The lowest BCUT2D eigenvalue weighted by atomic mass is 9.99. The highest BCUT2D eigenvalue weighted by Gasteiger charge is 2.63. The van der Waals surface area contributed by atoms with E-state index in [2.05, 4.69) is 4.74 Å². The van der Waals surface area contributed by atoms with Gasteiger partial charge in [0.15, 0.2) is 17.1 Å². The molecule has 0 radical (unpaired) electrons. The van der Waals surface area contributed by atoms with Crippen LogP contribution in [-0.4, -0.2) is 51.7 Å². The van der Waals surface area contributed by atoms with E-state index in [-0.39, 0.29) is 12.3 Å². The molecular formula is C22H22F5NO5. The van der Waals surface area contributed by atoms with Gasteiger partial charge in [-0.25, -0.2) is 4.79 Å². The van der Waals surface area contributed by atoms with Gasteiger partial charge in [0, 0.05) is 19.6 Å². The number of methoxy groups -OCH3 is 3. The number of ether oxygens (including phenoxy) is 4. The maximum absolute atomic E-state index is 14.8. The highest BCUT2D eigenvalue weighted by atomic mass is 19.4. The van der Waals surface area contributed by atoms with Crippen LogP contribution in [0.25, 0.3) is 0 Å². The van der Waals surface area contributed by atoms with Crippen LogP contribution in [0.4, 0.5) is 27.6 Å². The van der Waals surface area contributed by atoms with Crippen molar-refractivity contribution in [2.75, 3.05) is 32.8 Å². The normalized spacial score (nSPS) is 20.6. The molecule has 1 fully saturated rings. The van der Waals surface area contributed by atoms with Crippen LogP contribution in [-0.2, 0) is 20.9 Å². The van der Waals surface area contributed by atoms with Crippen LogP contribution in [0.1, 0.15) is 12.0 Å². The molecule has 0 N–H and O–H groups in total. The van der Waals surface area contributed by atoms with E-state index >= 15 is 0 Å². The molecule has 0 aromatic heterocycles. The molecule has 0 bridgehead atoms. The monoisotopic (exact) mass is 475 g/mol. The third kappa shape index (κ3) is 4.54. The van der Waals surface area contributed by atoms with Crippen molar-refractivity contribution in [1.82, 2.24) is 0 Å². The second kappa shape index (κ2) is 9.42. The average Bonchev–Trinajstić information content (AvgIpc) is 3.21. The fourth-order valence-electron chi connectivity index (χ4n) is 3.76. The number of nitrogens with zero attached hydrogens (tertiary/aromatic N) is 1. The first-order chi connectivity index (χ1) is 15.6. The van der Waals surface area contributed by atoms with Gasteiger partial charge in [-0.1, -0.05) is 30.3 Å². The molecule has 3 rings (SSSR count). The number of carbonyl (C=O) groups excluding carboxylic acids is 1. The van der Waals surface area contributed by atoms with Crippen LogP contribution < -0.4 is 14.4 Å². The third-order valence-electron chi connectivity index (χ3n) is 5.57. The Morgan fingerprint density at radius 1 is 1.12 bits per heavy atom. The van der Waals surface area contributed by atoms with Gasteiger partial charge < -0.3 is 23.8 Å². The fourth-order valence-corrected chi connectivity index (χ4v) is 3.76. The molecule has 33 heavy (non-hydrogen) atoms. The lowest BCUT2D eigenvalue weighted by Gasteiger charge is -2.31. The van der Waals surface area contributed by atoms with E-state index in [9.17, 15) is 26.7 Å². The van der Waals surface area contributed by atoms with Crippen molar-refractivity contribution >= 4 is 11.7 Å². The molecule has 0 amide bonds. The first-order valence-electron chi connectivity index (χ1n) is 9.77. The lowest BCUT2D eigenvalue weighted by molar-refractivity contribution is -0.261. The first kappa shape index (κ1) is 24.6. The molecule has 0 aliphatic carbocycles. The molecular weight excluding hydrogens is 453 g/mol. The predicted molar refractivity (Wildman–Crippen MR) is 107 cm³/mol. The van der Waals surface area contributed by atoms with E-state index in [0.717, 1.165) is 32.3 Å². The highest BCUT2D eigenvalue weighted by Crippen LogP contribution is 2.48. The van der Waals surface area contributed by atoms with Crippen LogP contribution in [0.2, 0.25) is 0 Å². The summed E-state index contributed by atoms with van der Waals surface area (Å²) in [6.45, 7) is -1.01. The van der Waals surface area contributed by atoms with Gasteiger partial charge in [-0.15, -0.1) is 0 Å². The second-order valence-corrected chi connectivity index (χ2v) is 7.40. The minimum absolute atomic E-state index is 0.131. The molecule has 180 valence electrons. The predicted octanol–water partition coefficient (Wildman–Crippen LogP) is 4.25. The number of hydrogen-bond acceptors (Lipinski definition) is 6. The zero-order valence-corrected chi connectivity index (χ0v) is 18.0. The molecule has 1 heterocycles. The van der Waals surface area contributed by atoms with E-state index in [1.54, 1.807) is 30.3 Å². The maximum atomic E-state index is 14.8. The molecule has 2 aromatic rings. The zero-order chi connectivity index (χ0) is 24.4. The number of anilines is 1. The summed E-state index contributed by atoms with van der Waals surface area (Å²) in [7, 11) is 2.91. The molecule has 2 aromatic carbocycles. The van der Waals surface area contributed by atoms with E-state index < -0.39 is 59.9 Å². The number of alkyl halides is 3. The van der Waals surface area contributed by atoms with Gasteiger partial charge in [-0.05, 0) is 5.56 Å². The Morgan fingerprint density at radius 3 is 2.33 bits per heavy atom. The van der Waals surface area contributed by atoms with Gasteiger partial charge in [0.2, 0.25) is 11.6 Å². The van der Waals surface area contributed by atoms with Gasteiger partial charge in [-0.2, -0.15) is 22.0 Å². The topological polar surface area (TPSA) is 57.2 Å². The van der Waals surface area contributed by atoms with Crippen molar-refractivity contribution < 1.29 is 45.7 Å². The smallest absolute Gasteiger partial charge is 0.419 e. The maximum Gasteiger partial charge on any atom is 0.419 e. The van der Waals surface area contributed by atoms with Gasteiger partial charge in [-0.3, -0.25) is 0 Å². The SMILES string of the molecule is COC(=O)[C@@H]1CC(OC)(C(F)(F)F)CN1c1cc(OCc2ccccc2)c(F)c(F)c1OC. The minimum atomic E-state index is -4.86. The number of rotatable bonds is 7. The van der Waals surface area contributed by atoms with Gasteiger partial charge >= 0.3 is 12.1 Å². The Bertz CT molecular complexity index is 1000. The van der Waals surface area contributed by atoms with Crippen LogP contribution in [0.5, 0.6) is 11.5 Å². The van der Waals surface area contributed by atoms with E-state index in [4.69, 9.17) is 14.2 Å². The summed E-state index contributed by atoms with van der Waals surface area (Å²) in [5, 5.41) is 0. The molecule has 6 nitrogen and oxygen atoms in total. The van der Waals surface area contributed by atoms with Crippen molar-refractivity contribution in [2.45, 2.75) is 30.8 Å². The summed E-state index contributed by atoms with van der Waals surface area (Å²) in [6.07, 6.45) is -5.68. The van der Waals surface area contributed by atoms with Crippen molar-refractivity contribution in [2.24, 2.45) is 0 Å². The summed E-state index contributed by atoms with van der Waals surface area (Å²) in [5.41, 5.74) is -2.40. The van der Waals surface area contributed by atoms with E-state index in [0.29, 0.717) is 5.56 Å². The third-order valence-corrected chi connectivity index (χ3v) is 5.57. The van der Waals surface area contributed by atoms with Gasteiger partial charge in [0.1, 0.15) is 12.6 Å². The minimum Gasteiger partial charge on any atom is -0.491 e. The molecule has 0 spiro atoms. The van der Waals surface area contributed by atoms with Crippen LogP contribution in [0.15, 0.2) is 36.4 Å². The largest absolute Gasteiger partial charge is 0.491 e. The Hall–Kier alpha value is -3.08. The van der Waals surface area contributed by atoms with Gasteiger partial charge in [0.25, 0.3) is 0 Å². The Morgan fingerprint density at radius 2 is 1.79 bits per heavy atom. The fraction of sp³-hybridized carbons (Fsp3) is 0.409. The van der Waals surface area contributed by atoms with Crippen LogP contribution >= 0.6 is 0 Å². The number of hydrogen-bond donors (Lipinski definition) is 0. The summed E-state index contributed by atoms with van der Waals surface area (Å²) in [5.74, 6) is -5.09. The molecule has 1 unspecified atom stereocenters. The molecule has 11 heteroatoms. The van der Waals surface area contributed by atoms with Crippen molar-refractivity contribution in [3.05, 3.63) is 53.6 Å². The summed E-state index contributed by atoms with van der Waals surface area (Å²) >= 11 is 0. The second-order valence-electron chi connectivity index (χ2n) is 7.40. The Balaban J connectivity index is 2.08. The summed E-state index contributed by atoms with van der Waals surface area (Å²) in [6, 6.07) is 8.10. The Kier molecular flexibility index (Phi) is 7.01. The highest BCUT2D eigenvalue weighted by molar-refractivity contribution is 5.83. The molecule has 1 aliphatic heterocycles. The number of benzene rings is 2. The van der Waals surface area contributed by atoms with E-state index in [1.165, 1.54) is 0 Å². The lowest BCUT2D eigenvalue weighted by Crippen LogP contribution is -2.49. The average molecular weight is 475 g/mol. The van der Waals surface area contributed by atoms with Crippen LogP contribution in [0.3, 0.4) is 0 Å². The van der Waals surface area contributed by atoms with E-state index in [1.807, 2.05) is 0 Å². The number of esters is 1. The van der Waals surface area contributed by atoms with Crippen molar-refractivity contribution in [3.8, 4) is 11.5 Å². The number of halogens is 5.